The number of rotatable bonds is 10. The monoisotopic (exact) mass is 666 g/mol. The number of aromatic nitrogens is 1. The van der Waals surface area contributed by atoms with Gasteiger partial charge in [0.1, 0.15) is 29.4 Å². The summed E-state index contributed by atoms with van der Waals surface area (Å²) in [5.41, 5.74) is 8.49. The quantitative estimate of drug-likeness (QED) is 0.137. The zero-order chi connectivity index (χ0) is 35.3. The van der Waals surface area contributed by atoms with E-state index in [9.17, 15) is 18.8 Å². The molecule has 3 N–H and O–H groups in total. The fourth-order valence-corrected chi connectivity index (χ4v) is 5.96. The van der Waals surface area contributed by atoms with Crippen molar-refractivity contribution in [2.24, 2.45) is 0 Å². The minimum atomic E-state index is -0.950. The van der Waals surface area contributed by atoms with Crippen molar-refractivity contribution in [3.63, 3.8) is 0 Å². The number of carbonyl (C=O) groups excluding carboxylic acids is 2. The van der Waals surface area contributed by atoms with Crippen LogP contribution in [0.2, 0.25) is 0 Å². The number of hydrogen-bond donors (Lipinski definition) is 2. The summed E-state index contributed by atoms with van der Waals surface area (Å²) < 4.78 is 26.9. The summed E-state index contributed by atoms with van der Waals surface area (Å²) in [5, 5.41) is 8.74. The minimum Gasteiger partial charge on any atom is -0.461 e. The average Bonchev–Trinajstić information content (AvgIpc) is 3.57. The van der Waals surface area contributed by atoms with Gasteiger partial charge in [0.25, 0.3) is 5.56 Å². The van der Waals surface area contributed by atoms with E-state index in [4.69, 9.17) is 20.6 Å². The fourth-order valence-electron chi connectivity index (χ4n) is 5.96. The first-order valence-electron chi connectivity index (χ1n) is 16.5. The SMILES string of the molecule is Cc1cc(C(=N)c2ccc(=O)n(-c3ccc(CN(C(=O)OC(C)(C)C)C(Cc4ccccc4)C(=O)OC4CCCC4)cc3)c2N)ccc1F. The molecule has 256 valence electrons. The van der Waals surface area contributed by atoms with Crippen molar-refractivity contribution in [1.82, 2.24) is 9.47 Å². The maximum Gasteiger partial charge on any atom is 0.411 e. The number of nitrogens with zero attached hydrogens (tertiary/aromatic N) is 2. The molecule has 1 unspecified atom stereocenters. The Morgan fingerprint density at radius 2 is 1.65 bits per heavy atom. The van der Waals surface area contributed by atoms with E-state index in [2.05, 4.69) is 0 Å². The van der Waals surface area contributed by atoms with Crippen LogP contribution in [0.25, 0.3) is 5.69 Å². The Kier molecular flexibility index (Phi) is 10.7. The lowest BCUT2D eigenvalue weighted by Crippen LogP contribution is -2.49. The Labute approximate surface area is 286 Å². The number of halogens is 1. The Bertz CT molecular complexity index is 1880. The van der Waals surface area contributed by atoms with Gasteiger partial charge in [0.15, 0.2) is 0 Å². The predicted molar refractivity (Wildman–Crippen MR) is 188 cm³/mol. The molecule has 49 heavy (non-hydrogen) atoms. The van der Waals surface area contributed by atoms with Crippen LogP contribution < -0.4 is 11.3 Å². The third-order valence-corrected chi connectivity index (χ3v) is 8.53. The lowest BCUT2D eigenvalue weighted by molar-refractivity contribution is -0.155. The molecule has 0 aliphatic heterocycles. The van der Waals surface area contributed by atoms with Crippen LogP contribution in [0.3, 0.4) is 0 Å². The second kappa shape index (κ2) is 14.9. The highest BCUT2D eigenvalue weighted by atomic mass is 19.1. The second-order valence-corrected chi connectivity index (χ2v) is 13.5. The van der Waals surface area contributed by atoms with Crippen LogP contribution in [-0.2, 0) is 27.2 Å². The van der Waals surface area contributed by atoms with Crippen molar-refractivity contribution in [3.8, 4) is 5.69 Å². The van der Waals surface area contributed by atoms with E-state index >= 15 is 0 Å². The van der Waals surface area contributed by atoms with Gasteiger partial charge in [-0.2, -0.15) is 0 Å². The molecule has 0 radical (unpaired) electrons. The molecule has 9 nitrogen and oxygen atoms in total. The maximum absolute atomic E-state index is 13.9. The summed E-state index contributed by atoms with van der Waals surface area (Å²) in [6, 6.07) is 22.6. The van der Waals surface area contributed by atoms with E-state index < -0.39 is 29.3 Å². The lowest BCUT2D eigenvalue weighted by atomic mass is 10.0. The third kappa shape index (κ3) is 8.62. The standard InChI is InChI=1S/C39H43FN4O5/c1-25-22-28(16-20-32(25)40)35(41)31-19-21-34(45)44(36(31)42)29-17-14-27(15-18-29)24-43(38(47)49-39(2,3)4)33(23-26-10-6-5-7-11-26)37(46)48-30-12-8-9-13-30/h5-7,10-11,14-22,30,33,41H,8-9,12-13,23-24,42H2,1-4H3. The van der Waals surface area contributed by atoms with Crippen molar-refractivity contribution < 1.29 is 23.5 Å². The highest BCUT2D eigenvalue weighted by Crippen LogP contribution is 2.26. The topological polar surface area (TPSA) is 128 Å². The van der Waals surface area contributed by atoms with Crippen molar-refractivity contribution in [1.29, 1.82) is 5.41 Å². The average molecular weight is 667 g/mol. The van der Waals surface area contributed by atoms with Crippen LogP contribution in [0.4, 0.5) is 15.0 Å². The third-order valence-electron chi connectivity index (χ3n) is 8.53. The number of ether oxygens (including phenoxy) is 2. The summed E-state index contributed by atoms with van der Waals surface area (Å²) >= 11 is 0. The Balaban J connectivity index is 1.46. The number of amides is 1. The highest BCUT2D eigenvalue weighted by molar-refractivity contribution is 6.13. The molecular weight excluding hydrogens is 623 g/mol. The molecule has 10 heteroatoms. The number of benzene rings is 3. The molecule has 1 aromatic heterocycles. The van der Waals surface area contributed by atoms with E-state index in [1.807, 2.05) is 30.3 Å². The van der Waals surface area contributed by atoms with Crippen LogP contribution in [-0.4, -0.2) is 45.0 Å². The summed E-state index contributed by atoms with van der Waals surface area (Å²) in [6.07, 6.45) is 2.98. The van der Waals surface area contributed by atoms with Crippen LogP contribution in [0.15, 0.2) is 89.7 Å². The molecule has 1 aliphatic carbocycles. The fraction of sp³-hybridized carbons (Fsp3) is 0.333. The smallest absolute Gasteiger partial charge is 0.411 e. The van der Waals surface area contributed by atoms with Crippen LogP contribution in [0.1, 0.15) is 74.3 Å². The largest absolute Gasteiger partial charge is 0.461 e. The van der Waals surface area contributed by atoms with Gasteiger partial charge in [-0.15, -0.1) is 0 Å². The van der Waals surface area contributed by atoms with Crippen molar-refractivity contribution in [2.45, 2.75) is 84.1 Å². The van der Waals surface area contributed by atoms with Gasteiger partial charge in [0.2, 0.25) is 0 Å². The Hall–Kier alpha value is -5.25. The first-order chi connectivity index (χ1) is 23.3. The number of pyridine rings is 1. The summed E-state index contributed by atoms with van der Waals surface area (Å²) in [5.74, 6) is -0.801. The van der Waals surface area contributed by atoms with Gasteiger partial charge in [0.05, 0.1) is 11.4 Å². The first kappa shape index (κ1) is 35.1. The number of nitrogens with one attached hydrogen (secondary N) is 1. The molecule has 0 spiro atoms. The molecular formula is C39H43FN4O5. The van der Waals surface area contributed by atoms with Crippen molar-refractivity contribution in [2.75, 3.05) is 5.73 Å². The van der Waals surface area contributed by atoms with Gasteiger partial charge in [-0.05, 0) is 106 Å². The van der Waals surface area contributed by atoms with Crippen LogP contribution in [0.5, 0.6) is 0 Å². The Morgan fingerprint density at radius 1 is 0.980 bits per heavy atom. The van der Waals surface area contributed by atoms with Crippen LogP contribution >= 0.6 is 0 Å². The van der Waals surface area contributed by atoms with E-state index in [1.54, 1.807) is 58.0 Å². The summed E-state index contributed by atoms with van der Waals surface area (Å²) in [6.45, 7) is 6.96. The van der Waals surface area contributed by atoms with Gasteiger partial charge >= 0.3 is 12.1 Å². The van der Waals surface area contributed by atoms with Gasteiger partial charge < -0.3 is 15.2 Å². The molecule has 1 heterocycles. The lowest BCUT2D eigenvalue weighted by Gasteiger charge is -2.33. The molecule has 1 fully saturated rings. The number of hydrogen-bond acceptors (Lipinski definition) is 7. The minimum absolute atomic E-state index is 0.0332. The molecule has 4 aromatic rings. The molecule has 3 aromatic carbocycles. The van der Waals surface area contributed by atoms with E-state index in [1.165, 1.54) is 33.7 Å². The number of esters is 1. The van der Waals surface area contributed by atoms with Gasteiger partial charge in [-0.1, -0.05) is 42.5 Å². The number of nitrogen functional groups attached to an aromatic ring is 1. The number of carbonyl (C=O) groups is 2. The van der Waals surface area contributed by atoms with Crippen LogP contribution in [0, 0.1) is 18.2 Å². The predicted octanol–water partition coefficient (Wildman–Crippen LogP) is 7.12. The maximum atomic E-state index is 13.9. The molecule has 0 saturated heterocycles. The molecule has 0 bridgehead atoms. The summed E-state index contributed by atoms with van der Waals surface area (Å²) in [4.78, 5) is 42.0. The molecule has 5 rings (SSSR count). The summed E-state index contributed by atoms with van der Waals surface area (Å²) in [7, 11) is 0. The van der Waals surface area contributed by atoms with E-state index in [0.717, 1.165) is 31.2 Å². The zero-order valence-corrected chi connectivity index (χ0v) is 28.4. The first-order valence-corrected chi connectivity index (χ1v) is 16.5. The van der Waals surface area contributed by atoms with Crippen molar-refractivity contribution >= 4 is 23.6 Å². The van der Waals surface area contributed by atoms with Gasteiger partial charge in [-0.3, -0.25) is 19.7 Å². The molecule has 1 aliphatic rings. The van der Waals surface area contributed by atoms with Crippen molar-refractivity contribution in [3.05, 3.63) is 129 Å². The molecule has 1 saturated carbocycles. The normalized spacial score (nSPS) is 13.9. The van der Waals surface area contributed by atoms with E-state index in [-0.39, 0.29) is 36.4 Å². The molecule has 1 amide bonds. The highest BCUT2D eigenvalue weighted by Gasteiger charge is 2.36. The van der Waals surface area contributed by atoms with Gasteiger partial charge in [-0.25, -0.2) is 14.0 Å². The number of anilines is 1. The number of aryl methyl sites for hydroxylation is 1. The Morgan fingerprint density at radius 3 is 2.29 bits per heavy atom. The van der Waals surface area contributed by atoms with E-state index in [0.29, 0.717) is 27.9 Å². The van der Waals surface area contributed by atoms with Gasteiger partial charge in [0, 0.05) is 30.2 Å². The second-order valence-electron chi connectivity index (χ2n) is 13.5. The zero-order valence-electron chi connectivity index (χ0n) is 28.4. The number of nitrogens with two attached hydrogens (primary N) is 1. The molecule has 1 atom stereocenters.